The van der Waals surface area contributed by atoms with Crippen LogP contribution in [0.5, 0.6) is 5.75 Å². The van der Waals surface area contributed by atoms with Crippen LogP contribution in [0.25, 0.3) is 21.3 Å². The van der Waals surface area contributed by atoms with E-state index in [4.69, 9.17) is 9.72 Å². The van der Waals surface area contributed by atoms with E-state index in [-0.39, 0.29) is 5.56 Å². The first-order chi connectivity index (χ1) is 14.0. The fourth-order valence-electron chi connectivity index (χ4n) is 3.34. The summed E-state index contributed by atoms with van der Waals surface area (Å²) in [7, 11) is 0. The van der Waals surface area contributed by atoms with Gasteiger partial charge in [-0.2, -0.15) is 0 Å². The summed E-state index contributed by atoms with van der Waals surface area (Å²) in [4.78, 5) is 22.4. The van der Waals surface area contributed by atoms with Gasteiger partial charge in [-0.3, -0.25) is 4.79 Å². The fraction of sp³-hybridized carbons (Fsp3) is 0.217. The van der Waals surface area contributed by atoms with Crippen LogP contribution in [0.1, 0.15) is 23.2 Å². The molecular formula is C23H23N3O2S. The molecule has 2 aromatic carbocycles. The van der Waals surface area contributed by atoms with Crippen molar-refractivity contribution in [1.29, 1.82) is 0 Å². The van der Waals surface area contributed by atoms with Crippen molar-refractivity contribution in [2.45, 2.75) is 27.3 Å². The summed E-state index contributed by atoms with van der Waals surface area (Å²) in [5.74, 6) is 1.46. The molecule has 6 heteroatoms. The van der Waals surface area contributed by atoms with Gasteiger partial charge in [-0.1, -0.05) is 29.8 Å². The van der Waals surface area contributed by atoms with Crippen molar-refractivity contribution in [2.75, 3.05) is 11.9 Å². The Balaban J connectivity index is 1.61. The molecule has 0 atom stereocenters. The van der Waals surface area contributed by atoms with Crippen LogP contribution in [0.2, 0.25) is 0 Å². The van der Waals surface area contributed by atoms with Gasteiger partial charge in [0.15, 0.2) is 0 Å². The molecule has 2 N–H and O–H groups in total. The van der Waals surface area contributed by atoms with Crippen LogP contribution in [0.3, 0.4) is 0 Å². The molecule has 0 saturated carbocycles. The second-order valence-electron chi connectivity index (χ2n) is 6.90. The largest absolute Gasteiger partial charge is 0.494 e. The topological polar surface area (TPSA) is 67.0 Å². The van der Waals surface area contributed by atoms with Crippen LogP contribution in [0.4, 0.5) is 5.69 Å². The minimum Gasteiger partial charge on any atom is -0.494 e. The molecule has 0 aliphatic rings. The number of aromatic nitrogens is 2. The minimum atomic E-state index is -0.0987. The molecule has 148 valence electrons. The third-order valence-corrected chi connectivity index (χ3v) is 5.75. The van der Waals surface area contributed by atoms with Crippen LogP contribution < -0.4 is 15.6 Å². The van der Waals surface area contributed by atoms with E-state index < -0.39 is 0 Å². The Labute approximate surface area is 173 Å². The molecule has 0 aliphatic carbocycles. The lowest BCUT2D eigenvalue weighted by molar-refractivity contribution is 0.340. The highest BCUT2D eigenvalue weighted by molar-refractivity contribution is 7.19. The quantitative estimate of drug-likeness (QED) is 0.458. The summed E-state index contributed by atoms with van der Waals surface area (Å²) < 4.78 is 5.46. The van der Waals surface area contributed by atoms with E-state index in [1.165, 1.54) is 5.56 Å². The average Bonchev–Trinajstić information content (AvgIpc) is 3.05. The zero-order valence-corrected chi connectivity index (χ0v) is 17.5. The zero-order chi connectivity index (χ0) is 20.4. The molecule has 4 rings (SSSR count). The number of H-pyrrole nitrogens is 1. The standard InChI is InChI=1S/C23H23N3O2S/c1-4-28-18-11-9-17(10-12-18)24-13-19-25-22(27)21-20(15(3)29-23(21)26-19)16-7-5-14(2)6-8-16/h5-12,24H,4,13H2,1-3H3,(H,25,26,27). The Kier molecular flexibility index (Phi) is 5.36. The third-order valence-electron chi connectivity index (χ3n) is 4.75. The van der Waals surface area contributed by atoms with Crippen molar-refractivity contribution in [3.8, 4) is 16.9 Å². The van der Waals surface area contributed by atoms with Gasteiger partial charge in [0.25, 0.3) is 5.56 Å². The van der Waals surface area contributed by atoms with Crippen LogP contribution in [0, 0.1) is 13.8 Å². The molecule has 2 heterocycles. The van der Waals surface area contributed by atoms with E-state index in [0.717, 1.165) is 32.3 Å². The summed E-state index contributed by atoms with van der Waals surface area (Å²) in [6, 6.07) is 16.0. The highest BCUT2D eigenvalue weighted by atomic mass is 32.1. The summed E-state index contributed by atoms with van der Waals surface area (Å²) in [6.45, 7) is 7.14. The van der Waals surface area contributed by atoms with Gasteiger partial charge >= 0.3 is 0 Å². The molecule has 0 spiro atoms. The molecule has 2 aromatic heterocycles. The van der Waals surface area contributed by atoms with E-state index in [9.17, 15) is 4.79 Å². The smallest absolute Gasteiger partial charge is 0.260 e. The van der Waals surface area contributed by atoms with Gasteiger partial charge in [-0.15, -0.1) is 11.3 Å². The molecule has 5 nitrogen and oxygen atoms in total. The number of nitrogens with zero attached hydrogens (tertiary/aromatic N) is 1. The van der Waals surface area contributed by atoms with Crippen molar-refractivity contribution in [1.82, 2.24) is 9.97 Å². The average molecular weight is 406 g/mol. The van der Waals surface area contributed by atoms with Crippen LogP contribution in [-0.2, 0) is 6.54 Å². The first-order valence-electron chi connectivity index (χ1n) is 9.61. The van der Waals surface area contributed by atoms with E-state index in [2.05, 4.69) is 41.5 Å². The summed E-state index contributed by atoms with van der Waals surface area (Å²) >= 11 is 1.56. The fourth-order valence-corrected chi connectivity index (χ4v) is 4.40. The minimum absolute atomic E-state index is 0.0987. The maximum atomic E-state index is 12.9. The number of aromatic amines is 1. The molecule has 0 radical (unpaired) electrons. The number of fused-ring (bicyclic) bond motifs is 1. The highest BCUT2D eigenvalue weighted by Gasteiger charge is 2.16. The predicted octanol–water partition coefficient (Wildman–Crippen LogP) is 5.28. The van der Waals surface area contributed by atoms with Crippen LogP contribution >= 0.6 is 11.3 Å². The number of thiophene rings is 1. The van der Waals surface area contributed by atoms with Gasteiger partial charge in [0.05, 0.1) is 18.5 Å². The number of aryl methyl sites for hydroxylation is 2. The maximum Gasteiger partial charge on any atom is 0.260 e. The van der Waals surface area contributed by atoms with Crippen molar-refractivity contribution >= 4 is 27.2 Å². The Hall–Kier alpha value is -3.12. The van der Waals surface area contributed by atoms with Gasteiger partial charge < -0.3 is 15.0 Å². The molecule has 4 aromatic rings. The maximum absolute atomic E-state index is 12.9. The Morgan fingerprint density at radius 2 is 1.79 bits per heavy atom. The number of nitrogens with one attached hydrogen (secondary N) is 2. The van der Waals surface area contributed by atoms with Crippen molar-refractivity contribution in [2.24, 2.45) is 0 Å². The molecule has 0 aliphatic heterocycles. The molecule has 0 saturated heterocycles. The molecule has 0 bridgehead atoms. The predicted molar refractivity (Wildman–Crippen MR) is 120 cm³/mol. The van der Waals surface area contributed by atoms with E-state index in [0.29, 0.717) is 24.4 Å². The summed E-state index contributed by atoms with van der Waals surface area (Å²) in [5.41, 5.74) is 4.06. The molecule has 0 fully saturated rings. The van der Waals surface area contributed by atoms with Crippen LogP contribution in [0.15, 0.2) is 53.3 Å². The number of ether oxygens (including phenoxy) is 1. The second-order valence-corrected chi connectivity index (χ2v) is 8.11. The SMILES string of the molecule is CCOc1ccc(NCc2nc3sc(C)c(-c4ccc(C)cc4)c3c(=O)[nH]2)cc1. The first kappa shape index (κ1) is 19.2. The van der Waals surface area contributed by atoms with E-state index in [1.807, 2.05) is 38.1 Å². The summed E-state index contributed by atoms with van der Waals surface area (Å²) in [5, 5.41) is 3.97. The van der Waals surface area contributed by atoms with Gasteiger partial charge in [-0.25, -0.2) is 4.98 Å². The molecule has 0 unspecified atom stereocenters. The Bertz CT molecular complexity index is 1190. The van der Waals surface area contributed by atoms with Gasteiger partial charge in [0.2, 0.25) is 0 Å². The summed E-state index contributed by atoms with van der Waals surface area (Å²) in [6.07, 6.45) is 0. The highest BCUT2D eigenvalue weighted by Crippen LogP contribution is 2.35. The van der Waals surface area contributed by atoms with Gasteiger partial charge in [0.1, 0.15) is 16.4 Å². The number of rotatable bonds is 6. The number of anilines is 1. The number of benzene rings is 2. The third kappa shape index (κ3) is 4.03. The van der Waals surface area contributed by atoms with Gasteiger partial charge in [-0.05, 0) is 50.6 Å². The Morgan fingerprint density at radius 1 is 1.07 bits per heavy atom. The first-order valence-corrected chi connectivity index (χ1v) is 10.4. The zero-order valence-electron chi connectivity index (χ0n) is 16.7. The molecule has 29 heavy (non-hydrogen) atoms. The second kappa shape index (κ2) is 8.09. The number of hydrogen-bond donors (Lipinski definition) is 2. The van der Waals surface area contributed by atoms with Crippen LogP contribution in [-0.4, -0.2) is 16.6 Å². The van der Waals surface area contributed by atoms with E-state index >= 15 is 0 Å². The van der Waals surface area contributed by atoms with Gasteiger partial charge in [0, 0.05) is 16.1 Å². The van der Waals surface area contributed by atoms with E-state index in [1.54, 1.807) is 11.3 Å². The van der Waals surface area contributed by atoms with Crippen molar-refractivity contribution in [3.05, 3.63) is 75.1 Å². The number of hydrogen-bond acceptors (Lipinski definition) is 5. The molecular weight excluding hydrogens is 382 g/mol. The molecule has 0 amide bonds. The van der Waals surface area contributed by atoms with Crippen molar-refractivity contribution in [3.63, 3.8) is 0 Å². The monoisotopic (exact) mass is 405 g/mol. The lowest BCUT2D eigenvalue weighted by Crippen LogP contribution is -2.14. The Morgan fingerprint density at radius 3 is 2.48 bits per heavy atom. The van der Waals surface area contributed by atoms with Crippen molar-refractivity contribution < 1.29 is 4.74 Å². The lowest BCUT2D eigenvalue weighted by atomic mass is 10.0. The lowest BCUT2D eigenvalue weighted by Gasteiger charge is -2.08. The normalized spacial score (nSPS) is 11.0.